The molecule has 1 saturated heterocycles. The maximum atomic E-state index is 14.2. The number of nitrogens with one attached hydrogen (secondary N) is 1. The molecule has 1 atom stereocenters. The normalized spacial score (nSPS) is 16.5. The molecule has 1 unspecified atom stereocenters. The SMILES string of the molecule is Fc1cccc(F)c1CN1CCCC(c2nnc(-c3ccc4[nH]nc(-c5ccc6nccn6c5)c4c3)o2)C1. The van der Waals surface area contributed by atoms with E-state index >= 15 is 0 Å². The van der Waals surface area contributed by atoms with Crippen LogP contribution in [-0.2, 0) is 6.54 Å². The molecule has 190 valence electrons. The van der Waals surface area contributed by atoms with Crippen molar-refractivity contribution in [2.75, 3.05) is 13.1 Å². The van der Waals surface area contributed by atoms with Crippen molar-refractivity contribution < 1.29 is 13.2 Å². The van der Waals surface area contributed by atoms with Gasteiger partial charge in [0.25, 0.3) is 0 Å². The standard InChI is InChI=1S/C28H23F2N7O/c29-22-4-1-5-23(30)21(22)16-36-11-2-3-19(14-36)28-35-34-27(38-28)17-6-8-24-20(13-17)26(33-32-24)18-7-9-25-31-10-12-37(25)15-18/h1,4-10,12-13,15,19H,2-3,11,14,16H2,(H,32,33). The highest BCUT2D eigenvalue weighted by atomic mass is 19.1. The zero-order chi connectivity index (χ0) is 25.6. The first-order valence-corrected chi connectivity index (χ1v) is 12.5. The molecular formula is C28H23F2N7O. The molecule has 6 aromatic rings. The van der Waals surface area contributed by atoms with Crippen LogP contribution in [0.15, 0.2) is 71.5 Å². The maximum absolute atomic E-state index is 14.2. The molecular weight excluding hydrogens is 488 g/mol. The van der Waals surface area contributed by atoms with Gasteiger partial charge in [-0.15, -0.1) is 10.2 Å². The fourth-order valence-corrected chi connectivity index (χ4v) is 5.25. The van der Waals surface area contributed by atoms with Crippen LogP contribution in [0, 0.1) is 11.6 Å². The largest absolute Gasteiger partial charge is 0.420 e. The van der Waals surface area contributed by atoms with Crippen LogP contribution in [0.2, 0.25) is 0 Å². The van der Waals surface area contributed by atoms with E-state index in [1.54, 1.807) is 6.20 Å². The quantitative estimate of drug-likeness (QED) is 0.325. The van der Waals surface area contributed by atoms with E-state index in [0.29, 0.717) is 18.3 Å². The van der Waals surface area contributed by atoms with E-state index in [1.807, 2.05) is 52.0 Å². The zero-order valence-electron chi connectivity index (χ0n) is 20.3. The number of H-pyrrole nitrogens is 1. The second kappa shape index (κ2) is 9.14. The number of rotatable bonds is 5. The number of aromatic nitrogens is 6. The molecule has 1 aliphatic rings. The van der Waals surface area contributed by atoms with Crippen LogP contribution in [0.5, 0.6) is 0 Å². The highest BCUT2D eigenvalue weighted by Crippen LogP contribution is 2.33. The Balaban J connectivity index is 1.14. The summed E-state index contributed by atoms with van der Waals surface area (Å²) >= 11 is 0. The Morgan fingerprint density at radius 1 is 1.03 bits per heavy atom. The summed E-state index contributed by atoms with van der Waals surface area (Å²) in [6.07, 6.45) is 7.41. The third-order valence-corrected chi connectivity index (χ3v) is 7.21. The number of likely N-dealkylation sites (tertiary alicyclic amines) is 1. The molecule has 8 nitrogen and oxygen atoms in total. The molecule has 1 aliphatic heterocycles. The Labute approximate surface area is 215 Å². The maximum Gasteiger partial charge on any atom is 0.247 e. The van der Waals surface area contributed by atoms with Crippen molar-refractivity contribution in [1.82, 2.24) is 34.7 Å². The minimum absolute atomic E-state index is 0.00467. The Morgan fingerprint density at radius 2 is 1.89 bits per heavy atom. The van der Waals surface area contributed by atoms with Gasteiger partial charge in [0, 0.05) is 53.8 Å². The van der Waals surface area contributed by atoms with Gasteiger partial charge in [-0.05, 0) is 61.9 Å². The molecule has 4 aromatic heterocycles. The molecule has 0 bridgehead atoms. The predicted molar refractivity (Wildman–Crippen MR) is 137 cm³/mol. The molecule has 0 aliphatic carbocycles. The van der Waals surface area contributed by atoms with E-state index in [0.717, 1.165) is 52.8 Å². The predicted octanol–water partition coefficient (Wildman–Crippen LogP) is 5.59. The first-order chi connectivity index (χ1) is 18.6. The number of pyridine rings is 1. The summed E-state index contributed by atoms with van der Waals surface area (Å²) in [7, 11) is 0. The van der Waals surface area contributed by atoms with Crippen molar-refractivity contribution in [3.63, 3.8) is 0 Å². The third-order valence-electron chi connectivity index (χ3n) is 7.21. The lowest BCUT2D eigenvalue weighted by Crippen LogP contribution is -2.34. The molecule has 0 radical (unpaired) electrons. The van der Waals surface area contributed by atoms with Crippen molar-refractivity contribution in [3.8, 4) is 22.7 Å². The minimum atomic E-state index is -0.522. The van der Waals surface area contributed by atoms with Crippen molar-refractivity contribution in [1.29, 1.82) is 0 Å². The lowest BCUT2D eigenvalue weighted by molar-refractivity contribution is 0.182. The fourth-order valence-electron chi connectivity index (χ4n) is 5.25. The molecule has 0 spiro atoms. The topological polar surface area (TPSA) is 88.1 Å². The van der Waals surface area contributed by atoms with E-state index in [4.69, 9.17) is 4.42 Å². The number of piperidine rings is 1. The van der Waals surface area contributed by atoms with Gasteiger partial charge in [0.15, 0.2) is 0 Å². The fraction of sp³-hybridized carbons (Fsp3) is 0.214. The second-order valence-electron chi connectivity index (χ2n) is 9.66. The highest BCUT2D eigenvalue weighted by Gasteiger charge is 2.27. The van der Waals surface area contributed by atoms with Crippen LogP contribution in [-0.4, -0.2) is 47.8 Å². The van der Waals surface area contributed by atoms with Crippen LogP contribution in [0.4, 0.5) is 8.78 Å². The van der Waals surface area contributed by atoms with Gasteiger partial charge in [-0.25, -0.2) is 13.8 Å². The minimum Gasteiger partial charge on any atom is -0.420 e. The van der Waals surface area contributed by atoms with Crippen LogP contribution in [0.3, 0.4) is 0 Å². The molecule has 10 heteroatoms. The molecule has 1 fully saturated rings. The van der Waals surface area contributed by atoms with Crippen molar-refractivity contribution in [2.45, 2.75) is 25.3 Å². The molecule has 38 heavy (non-hydrogen) atoms. The van der Waals surface area contributed by atoms with Crippen LogP contribution in [0.25, 0.3) is 39.3 Å². The molecule has 2 aromatic carbocycles. The van der Waals surface area contributed by atoms with Gasteiger partial charge in [-0.3, -0.25) is 10.00 Å². The molecule has 0 amide bonds. The Kier molecular flexibility index (Phi) is 5.47. The number of hydrogen-bond donors (Lipinski definition) is 1. The van der Waals surface area contributed by atoms with E-state index in [-0.39, 0.29) is 18.0 Å². The number of aromatic amines is 1. The molecule has 1 N–H and O–H groups in total. The van der Waals surface area contributed by atoms with E-state index in [9.17, 15) is 8.78 Å². The van der Waals surface area contributed by atoms with Crippen molar-refractivity contribution in [2.24, 2.45) is 0 Å². The zero-order valence-corrected chi connectivity index (χ0v) is 20.3. The van der Waals surface area contributed by atoms with Crippen LogP contribution >= 0.6 is 0 Å². The molecule has 0 saturated carbocycles. The summed E-state index contributed by atoms with van der Waals surface area (Å²) in [6, 6.07) is 13.8. The van der Waals surface area contributed by atoms with Gasteiger partial charge < -0.3 is 8.82 Å². The average Bonchev–Trinajstić information content (AvgIpc) is 3.70. The third kappa shape index (κ3) is 4.03. The number of hydrogen-bond acceptors (Lipinski definition) is 6. The first-order valence-electron chi connectivity index (χ1n) is 12.5. The summed E-state index contributed by atoms with van der Waals surface area (Å²) in [5, 5.41) is 17.3. The number of benzene rings is 2. The van der Waals surface area contributed by atoms with Crippen LogP contribution in [0.1, 0.15) is 30.2 Å². The van der Waals surface area contributed by atoms with Crippen LogP contribution < -0.4 is 0 Å². The van der Waals surface area contributed by atoms with Gasteiger partial charge in [0.2, 0.25) is 11.8 Å². The van der Waals surface area contributed by atoms with Crippen molar-refractivity contribution in [3.05, 3.63) is 90.2 Å². The lowest BCUT2D eigenvalue weighted by Gasteiger charge is -2.31. The molecule has 7 rings (SSSR count). The van der Waals surface area contributed by atoms with Gasteiger partial charge in [0.05, 0.1) is 11.4 Å². The van der Waals surface area contributed by atoms with Gasteiger partial charge in [-0.2, -0.15) is 5.10 Å². The lowest BCUT2D eigenvalue weighted by atomic mass is 9.97. The van der Waals surface area contributed by atoms with Crippen molar-refractivity contribution >= 4 is 16.6 Å². The number of halogens is 2. The number of imidazole rings is 1. The number of fused-ring (bicyclic) bond motifs is 2. The van der Waals surface area contributed by atoms with Gasteiger partial charge in [0.1, 0.15) is 23.0 Å². The smallest absolute Gasteiger partial charge is 0.247 e. The van der Waals surface area contributed by atoms with E-state index in [1.165, 1.54) is 18.2 Å². The Hall–Kier alpha value is -4.44. The molecule has 5 heterocycles. The Bertz CT molecular complexity index is 1750. The average molecular weight is 512 g/mol. The summed E-state index contributed by atoms with van der Waals surface area (Å²) in [5.41, 5.74) is 4.43. The second-order valence-corrected chi connectivity index (χ2v) is 9.66. The first kappa shape index (κ1) is 22.7. The van der Waals surface area contributed by atoms with E-state index in [2.05, 4.69) is 25.4 Å². The summed E-state index contributed by atoms with van der Waals surface area (Å²) in [6.45, 7) is 1.56. The monoisotopic (exact) mass is 511 g/mol. The Morgan fingerprint density at radius 3 is 2.79 bits per heavy atom. The summed E-state index contributed by atoms with van der Waals surface area (Å²) in [4.78, 5) is 6.34. The van der Waals surface area contributed by atoms with Gasteiger partial charge in [-0.1, -0.05) is 6.07 Å². The van der Waals surface area contributed by atoms with Gasteiger partial charge >= 0.3 is 0 Å². The van der Waals surface area contributed by atoms with E-state index < -0.39 is 11.6 Å². The number of nitrogens with zero attached hydrogens (tertiary/aromatic N) is 6. The summed E-state index contributed by atoms with van der Waals surface area (Å²) in [5.74, 6) is -0.0829. The summed E-state index contributed by atoms with van der Waals surface area (Å²) < 4.78 is 36.4. The highest BCUT2D eigenvalue weighted by molar-refractivity contribution is 5.95.